The fourth-order valence-corrected chi connectivity index (χ4v) is 12.5. The number of nitrogens with zero attached hydrogens (tertiary/aromatic N) is 4. The number of anilines is 1. The maximum atomic E-state index is 15.0. The molecule has 66 heavy (non-hydrogen) atoms. The topological polar surface area (TPSA) is 219 Å². The van der Waals surface area contributed by atoms with Gasteiger partial charge in [0.25, 0.3) is 0 Å². The normalized spacial score (nSPS) is 25.4. The minimum Gasteiger partial charge on any atom is -0.497 e. The predicted octanol–water partition coefficient (Wildman–Crippen LogP) is 6.79. The third-order valence-corrected chi connectivity index (χ3v) is 16.3. The number of carboxylic acids is 1. The summed E-state index contributed by atoms with van der Waals surface area (Å²) in [6.07, 6.45) is 4.38. The Balaban J connectivity index is 1.08. The van der Waals surface area contributed by atoms with Crippen LogP contribution in [0.15, 0.2) is 58.1 Å². The van der Waals surface area contributed by atoms with Crippen LogP contribution in [0.2, 0.25) is 0 Å². The second kappa shape index (κ2) is 18.8. The lowest BCUT2D eigenvalue weighted by Gasteiger charge is -2.34. The molecular formula is C46H57N7O10S3. The van der Waals surface area contributed by atoms with Gasteiger partial charge in [0.2, 0.25) is 21.8 Å². The van der Waals surface area contributed by atoms with Crippen LogP contribution in [0, 0.1) is 11.3 Å². The summed E-state index contributed by atoms with van der Waals surface area (Å²) in [7, 11) is -2.22. The number of rotatable bonds is 11. The summed E-state index contributed by atoms with van der Waals surface area (Å²) < 4.78 is 46.4. The van der Waals surface area contributed by atoms with E-state index in [1.165, 1.54) is 31.9 Å². The lowest BCUT2D eigenvalue weighted by atomic mass is 9.89. The highest BCUT2D eigenvalue weighted by Gasteiger charge is 2.61. The number of fused-ring (bicyclic) bond motifs is 4. The molecule has 3 amide bonds. The number of hydrogen-bond donors (Lipinski definition) is 4. The SMILES string of the molecule is COc1ccc2c(O[C@@H]3C[C@H]4C(=O)N[C@]5(C(=O)O)CC5/C=C\CCCCC[C@H](NC(=O)O[C@H](CN5Cc6sccc6S5(=O)=O)C(C)(C)C)C(=O)N4C3)cc(-c3csc(NC(C)C)n3)nc2c1. The standard InChI is InChI=1S/C46H57N7O10S3/c1-26(2)47-43-49-34(25-65-43)33-20-36(30-15-14-28(61-6)18-32(30)48-33)62-29-19-35-40(54)51-46(42(56)57)21-27(46)12-10-8-7-9-11-13-31(41(55)53(35)22-29)50-44(58)63-39(45(3,4)5)24-52-23-37-38(16-17-64-37)66(52,59)60/h10,12,14-18,20,25-27,29,31,35,39H,7-9,11,13,19,21-24H2,1-6H3,(H,47,49)(H,50,58)(H,51,54)(H,56,57)/b12-10-/t27?,29-,31+,35+,39-,46-/m1/s1. The lowest BCUT2D eigenvalue weighted by molar-refractivity contribution is -0.145. The van der Waals surface area contributed by atoms with Gasteiger partial charge in [0, 0.05) is 58.1 Å². The quantitative estimate of drug-likeness (QED) is 0.114. The van der Waals surface area contributed by atoms with E-state index in [1.54, 1.807) is 36.8 Å². The van der Waals surface area contributed by atoms with Crippen molar-refractivity contribution in [3.8, 4) is 22.9 Å². The van der Waals surface area contributed by atoms with E-state index in [9.17, 15) is 32.7 Å². The Kier molecular flexibility index (Phi) is 13.4. The molecule has 6 heterocycles. The molecular weight excluding hydrogens is 907 g/mol. The zero-order valence-corrected chi connectivity index (χ0v) is 40.3. The van der Waals surface area contributed by atoms with E-state index in [-0.39, 0.29) is 49.8 Å². The van der Waals surface area contributed by atoms with Gasteiger partial charge in [-0.25, -0.2) is 28.0 Å². The van der Waals surface area contributed by atoms with E-state index in [4.69, 9.17) is 24.2 Å². The fourth-order valence-electron chi connectivity index (χ4n) is 8.76. The highest BCUT2D eigenvalue weighted by Crippen LogP contribution is 2.46. The summed E-state index contributed by atoms with van der Waals surface area (Å²) in [5, 5.41) is 24.3. The molecule has 4 aromatic rings. The van der Waals surface area contributed by atoms with Crippen molar-refractivity contribution in [2.75, 3.05) is 25.5 Å². The van der Waals surface area contributed by atoms with Crippen LogP contribution >= 0.6 is 22.7 Å². The van der Waals surface area contributed by atoms with Crippen molar-refractivity contribution in [2.24, 2.45) is 11.3 Å². The van der Waals surface area contributed by atoms with E-state index in [0.29, 0.717) is 57.9 Å². The van der Waals surface area contributed by atoms with Gasteiger partial charge in [-0.3, -0.25) is 9.59 Å². The highest BCUT2D eigenvalue weighted by molar-refractivity contribution is 7.89. The van der Waals surface area contributed by atoms with E-state index in [2.05, 4.69) is 16.0 Å². The van der Waals surface area contributed by atoms with Gasteiger partial charge >= 0.3 is 12.1 Å². The number of alkyl carbamates (subject to hydrolysis) is 1. The molecule has 0 spiro atoms. The number of aliphatic carboxylic acids is 1. The van der Waals surface area contributed by atoms with Gasteiger partial charge in [0.1, 0.15) is 47.0 Å². The molecule has 8 rings (SSSR count). The molecule has 1 saturated heterocycles. The first-order valence-electron chi connectivity index (χ1n) is 22.3. The van der Waals surface area contributed by atoms with Crippen molar-refractivity contribution < 1.29 is 46.9 Å². The van der Waals surface area contributed by atoms with Crippen LogP contribution in [0.4, 0.5) is 9.93 Å². The van der Waals surface area contributed by atoms with Crippen LogP contribution in [0.3, 0.4) is 0 Å². The minimum absolute atomic E-state index is 0.0152. The second-order valence-corrected chi connectivity index (χ2v) is 22.6. The zero-order chi connectivity index (χ0) is 47.1. The number of amides is 3. The Morgan fingerprint density at radius 2 is 1.88 bits per heavy atom. The number of allylic oxidation sites excluding steroid dienone is 1. The van der Waals surface area contributed by atoms with Crippen LogP contribution in [0.1, 0.15) is 84.4 Å². The Hall–Kier alpha value is -5.31. The Labute approximate surface area is 392 Å². The number of pyridine rings is 1. The number of aromatic nitrogens is 2. The number of benzene rings is 1. The van der Waals surface area contributed by atoms with Crippen molar-refractivity contribution >= 4 is 72.6 Å². The van der Waals surface area contributed by atoms with Gasteiger partial charge in [0.15, 0.2) is 5.13 Å². The van der Waals surface area contributed by atoms with Gasteiger partial charge in [-0.15, -0.1) is 22.7 Å². The molecule has 3 aliphatic heterocycles. The van der Waals surface area contributed by atoms with Gasteiger partial charge in [-0.05, 0) is 63.1 Å². The molecule has 4 N–H and O–H groups in total. The molecule has 6 atom stereocenters. The highest BCUT2D eigenvalue weighted by atomic mass is 32.2. The molecule has 4 aliphatic rings. The number of sulfonamides is 1. The van der Waals surface area contributed by atoms with Gasteiger partial charge in [-0.1, -0.05) is 45.8 Å². The molecule has 20 heteroatoms. The molecule has 17 nitrogen and oxygen atoms in total. The third kappa shape index (κ3) is 9.87. The maximum absolute atomic E-state index is 15.0. The predicted molar refractivity (Wildman–Crippen MR) is 250 cm³/mol. The molecule has 2 fully saturated rings. The third-order valence-electron chi connectivity index (χ3n) is 12.6. The summed E-state index contributed by atoms with van der Waals surface area (Å²) >= 11 is 2.80. The monoisotopic (exact) mass is 963 g/mol. The zero-order valence-electron chi connectivity index (χ0n) is 37.9. The van der Waals surface area contributed by atoms with Gasteiger partial charge < -0.3 is 40.2 Å². The average molecular weight is 964 g/mol. The molecule has 354 valence electrons. The van der Waals surface area contributed by atoms with Crippen LogP contribution in [-0.2, 0) is 35.7 Å². The van der Waals surface area contributed by atoms with Gasteiger partial charge in [0.05, 0.1) is 36.3 Å². The number of carbonyl (C=O) groups excluding carboxylic acids is 3. The van der Waals surface area contributed by atoms with Crippen LogP contribution in [0.25, 0.3) is 22.3 Å². The van der Waals surface area contributed by atoms with Crippen molar-refractivity contribution in [3.05, 3.63) is 58.1 Å². The van der Waals surface area contributed by atoms with E-state index in [0.717, 1.165) is 11.6 Å². The summed E-state index contributed by atoms with van der Waals surface area (Å²) in [5.41, 5.74) is -0.496. The first-order chi connectivity index (χ1) is 31.4. The number of ether oxygens (including phenoxy) is 3. The number of thiophene rings is 1. The molecule has 0 radical (unpaired) electrons. The van der Waals surface area contributed by atoms with Crippen LogP contribution < -0.4 is 25.4 Å². The number of thiazole rings is 1. The Bertz CT molecular complexity index is 2640. The van der Waals surface area contributed by atoms with Crippen LogP contribution in [0.5, 0.6) is 11.5 Å². The molecule has 3 aromatic heterocycles. The average Bonchev–Trinajstić information content (AvgIpc) is 3.73. The molecule has 1 aromatic carbocycles. The molecule has 1 aliphatic carbocycles. The first kappa shape index (κ1) is 47.2. The van der Waals surface area contributed by atoms with Crippen LogP contribution in [-0.4, -0.2) is 113 Å². The van der Waals surface area contributed by atoms with E-state index >= 15 is 0 Å². The van der Waals surface area contributed by atoms with E-state index < -0.39 is 75.1 Å². The molecule has 1 saturated carbocycles. The number of carbonyl (C=O) groups is 4. The first-order valence-corrected chi connectivity index (χ1v) is 25.5. The Morgan fingerprint density at radius 1 is 1.08 bits per heavy atom. The lowest BCUT2D eigenvalue weighted by Crippen LogP contribution is -2.56. The smallest absolute Gasteiger partial charge is 0.408 e. The number of methoxy groups -OCH3 is 1. The molecule has 0 bridgehead atoms. The van der Waals surface area contributed by atoms with Crippen molar-refractivity contribution in [1.29, 1.82) is 0 Å². The summed E-state index contributed by atoms with van der Waals surface area (Å²) in [6.45, 7) is 9.59. The summed E-state index contributed by atoms with van der Waals surface area (Å²) in [4.78, 5) is 68.1. The van der Waals surface area contributed by atoms with Crippen molar-refractivity contribution in [1.82, 2.24) is 29.8 Å². The number of carboxylic acid groups (broad SMARTS) is 1. The largest absolute Gasteiger partial charge is 0.497 e. The number of nitrogens with one attached hydrogen (secondary N) is 3. The number of hydrogen-bond acceptors (Lipinski definition) is 14. The fraction of sp³-hybridized carbons (Fsp3) is 0.522. The second-order valence-electron chi connectivity index (χ2n) is 18.8. The molecule has 1 unspecified atom stereocenters. The Morgan fingerprint density at radius 3 is 2.61 bits per heavy atom. The minimum atomic E-state index is -3.78. The summed E-state index contributed by atoms with van der Waals surface area (Å²) in [6, 6.07) is 6.62. The van der Waals surface area contributed by atoms with E-state index in [1.807, 2.05) is 58.2 Å². The van der Waals surface area contributed by atoms with Crippen molar-refractivity contribution in [2.45, 2.75) is 127 Å². The van der Waals surface area contributed by atoms with Gasteiger partial charge in [-0.2, -0.15) is 4.31 Å². The maximum Gasteiger partial charge on any atom is 0.408 e. The summed E-state index contributed by atoms with van der Waals surface area (Å²) in [5.74, 6) is -1.76. The van der Waals surface area contributed by atoms with Crippen molar-refractivity contribution in [3.63, 3.8) is 0 Å².